The molecule has 1 aliphatic rings. The van der Waals surface area contributed by atoms with Crippen LogP contribution in [0.5, 0.6) is 0 Å². The van der Waals surface area contributed by atoms with Crippen molar-refractivity contribution >= 4 is 11.6 Å². The van der Waals surface area contributed by atoms with Crippen LogP contribution in [-0.2, 0) is 4.79 Å². The maximum atomic E-state index is 12.8. The van der Waals surface area contributed by atoms with Gasteiger partial charge in [-0.1, -0.05) is 0 Å². The van der Waals surface area contributed by atoms with E-state index in [9.17, 15) is 9.18 Å². The number of rotatable bonds is 1. The van der Waals surface area contributed by atoms with E-state index in [0.29, 0.717) is 6.42 Å². The Morgan fingerprint density at radius 2 is 2.21 bits per heavy atom. The third-order valence-corrected chi connectivity index (χ3v) is 2.52. The molecule has 0 unspecified atom stereocenters. The van der Waals surface area contributed by atoms with Gasteiger partial charge in [-0.3, -0.25) is 4.79 Å². The van der Waals surface area contributed by atoms with Gasteiger partial charge >= 0.3 is 0 Å². The number of carbonyl (C=O) groups excluding carboxylic acids is 1. The van der Waals surface area contributed by atoms with Gasteiger partial charge < -0.3 is 4.90 Å². The first-order valence-corrected chi connectivity index (χ1v) is 4.75. The standard InChI is InChI=1S/C11H12FNO/c1-8-7-9(12)4-5-10(8)13-6-2-3-11(13)14/h4-5,7H,2-3,6H2,1H3. The summed E-state index contributed by atoms with van der Waals surface area (Å²) in [6.07, 6.45) is 1.51. The van der Waals surface area contributed by atoms with Gasteiger partial charge in [0, 0.05) is 18.7 Å². The molecular formula is C11H12FNO. The summed E-state index contributed by atoms with van der Waals surface area (Å²) < 4.78 is 12.8. The maximum absolute atomic E-state index is 12.8. The number of amides is 1. The van der Waals surface area contributed by atoms with Gasteiger partial charge in [0.25, 0.3) is 0 Å². The Labute approximate surface area is 82.3 Å². The molecule has 0 radical (unpaired) electrons. The quantitative estimate of drug-likeness (QED) is 0.670. The van der Waals surface area contributed by atoms with Crippen LogP contribution in [0.4, 0.5) is 10.1 Å². The maximum Gasteiger partial charge on any atom is 0.227 e. The fourth-order valence-corrected chi connectivity index (χ4v) is 1.82. The average Bonchev–Trinajstić information content (AvgIpc) is 2.52. The van der Waals surface area contributed by atoms with Crippen LogP contribution in [0.2, 0.25) is 0 Å². The van der Waals surface area contributed by atoms with Crippen molar-refractivity contribution in [3.05, 3.63) is 29.6 Å². The van der Waals surface area contributed by atoms with Crippen molar-refractivity contribution in [3.8, 4) is 0 Å². The lowest BCUT2D eigenvalue weighted by Crippen LogP contribution is -2.24. The summed E-state index contributed by atoms with van der Waals surface area (Å²) in [6.45, 7) is 2.58. The Bertz CT molecular complexity index is 376. The minimum absolute atomic E-state index is 0.139. The largest absolute Gasteiger partial charge is 0.312 e. The first-order chi connectivity index (χ1) is 6.68. The molecule has 0 atom stereocenters. The highest BCUT2D eigenvalue weighted by Crippen LogP contribution is 2.25. The van der Waals surface area contributed by atoms with Gasteiger partial charge in [-0.05, 0) is 37.1 Å². The van der Waals surface area contributed by atoms with Gasteiger partial charge in [-0.15, -0.1) is 0 Å². The molecular weight excluding hydrogens is 181 g/mol. The van der Waals surface area contributed by atoms with Gasteiger partial charge in [0.05, 0.1) is 0 Å². The number of carbonyl (C=O) groups is 1. The van der Waals surface area contributed by atoms with E-state index in [4.69, 9.17) is 0 Å². The first-order valence-electron chi connectivity index (χ1n) is 4.75. The lowest BCUT2D eigenvalue weighted by Gasteiger charge is -2.17. The Morgan fingerprint density at radius 1 is 1.43 bits per heavy atom. The van der Waals surface area contributed by atoms with E-state index in [1.807, 2.05) is 6.92 Å². The van der Waals surface area contributed by atoms with Gasteiger partial charge in [-0.2, -0.15) is 0 Å². The average molecular weight is 193 g/mol. The van der Waals surface area contributed by atoms with Crippen molar-refractivity contribution in [2.45, 2.75) is 19.8 Å². The number of aryl methyl sites for hydroxylation is 1. The molecule has 0 aliphatic carbocycles. The van der Waals surface area contributed by atoms with Crippen LogP contribution in [0.3, 0.4) is 0 Å². The van der Waals surface area contributed by atoms with Crippen LogP contribution in [-0.4, -0.2) is 12.5 Å². The number of nitrogens with zero attached hydrogens (tertiary/aromatic N) is 1. The molecule has 74 valence electrons. The highest BCUT2D eigenvalue weighted by molar-refractivity contribution is 5.95. The molecule has 0 spiro atoms. The zero-order chi connectivity index (χ0) is 10.1. The molecule has 1 heterocycles. The molecule has 2 nitrogen and oxygen atoms in total. The fourth-order valence-electron chi connectivity index (χ4n) is 1.82. The van der Waals surface area contributed by atoms with Crippen molar-refractivity contribution in [2.75, 3.05) is 11.4 Å². The zero-order valence-electron chi connectivity index (χ0n) is 8.09. The Kier molecular flexibility index (Phi) is 2.23. The van der Waals surface area contributed by atoms with E-state index >= 15 is 0 Å². The minimum Gasteiger partial charge on any atom is -0.312 e. The summed E-state index contributed by atoms with van der Waals surface area (Å²) in [5.74, 6) is -0.113. The number of hydrogen-bond acceptors (Lipinski definition) is 1. The van der Waals surface area contributed by atoms with E-state index in [-0.39, 0.29) is 11.7 Å². The lowest BCUT2D eigenvalue weighted by molar-refractivity contribution is -0.117. The molecule has 1 fully saturated rings. The highest BCUT2D eigenvalue weighted by atomic mass is 19.1. The van der Waals surface area contributed by atoms with E-state index in [1.54, 1.807) is 11.0 Å². The molecule has 0 N–H and O–H groups in total. The summed E-state index contributed by atoms with van der Waals surface area (Å²) in [5, 5.41) is 0. The summed E-state index contributed by atoms with van der Waals surface area (Å²) in [6, 6.07) is 4.53. The molecule has 1 aliphatic heterocycles. The summed E-state index contributed by atoms with van der Waals surface area (Å²) in [5.41, 5.74) is 1.66. The van der Waals surface area contributed by atoms with Crippen LogP contribution in [0, 0.1) is 12.7 Å². The normalized spacial score (nSPS) is 16.4. The van der Waals surface area contributed by atoms with Crippen LogP contribution < -0.4 is 4.90 Å². The van der Waals surface area contributed by atoms with E-state index < -0.39 is 0 Å². The van der Waals surface area contributed by atoms with Crippen molar-refractivity contribution in [1.29, 1.82) is 0 Å². The molecule has 0 bridgehead atoms. The molecule has 2 rings (SSSR count). The van der Waals surface area contributed by atoms with E-state index in [1.165, 1.54) is 12.1 Å². The number of anilines is 1. The second-order valence-electron chi connectivity index (χ2n) is 3.58. The molecule has 3 heteroatoms. The number of hydrogen-bond donors (Lipinski definition) is 0. The van der Waals surface area contributed by atoms with Crippen LogP contribution >= 0.6 is 0 Å². The molecule has 0 aromatic heterocycles. The summed E-state index contributed by atoms with van der Waals surface area (Å²) in [4.78, 5) is 13.2. The second-order valence-corrected chi connectivity index (χ2v) is 3.58. The number of benzene rings is 1. The highest BCUT2D eigenvalue weighted by Gasteiger charge is 2.22. The zero-order valence-corrected chi connectivity index (χ0v) is 8.09. The predicted molar refractivity (Wildman–Crippen MR) is 52.7 cm³/mol. The Balaban J connectivity index is 2.36. The molecule has 1 amide bonds. The number of halogens is 1. The van der Waals surface area contributed by atoms with E-state index in [2.05, 4.69) is 0 Å². The Morgan fingerprint density at radius 3 is 2.79 bits per heavy atom. The minimum atomic E-state index is -0.252. The third kappa shape index (κ3) is 1.50. The molecule has 1 aromatic rings. The molecule has 1 aromatic carbocycles. The molecule has 14 heavy (non-hydrogen) atoms. The topological polar surface area (TPSA) is 20.3 Å². The monoisotopic (exact) mass is 193 g/mol. The van der Waals surface area contributed by atoms with Gasteiger partial charge in [0.15, 0.2) is 0 Å². The SMILES string of the molecule is Cc1cc(F)ccc1N1CCCC1=O. The molecule has 0 saturated carbocycles. The van der Waals surface area contributed by atoms with Crippen molar-refractivity contribution in [3.63, 3.8) is 0 Å². The Hall–Kier alpha value is -1.38. The second kappa shape index (κ2) is 3.40. The third-order valence-electron chi connectivity index (χ3n) is 2.52. The van der Waals surface area contributed by atoms with Crippen molar-refractivity contribution < 1.29 is 9.18 Å². The van der Waals surface area contributed by atoms with Crippen molar-refractivity contribution in [1.82, 2.24) is 0 Å². The lowest BCUT2D eigenvalue weighted by atomic mass is 10.2. The van der Waals surface area contributed by atoms with E-state index in [0.717, 1.165) is 24.2 Å². The van der Waals surface area contributed by atoms with Crippen LogP contribution in [0.25, 0.3) is 0 Å². The van der Waals surface area contributed by atoms with Gasteiger partial charge in [0.2, 0.25) is 5.91 Å². The van der Waals surface area contributed by atoms with Crippen molar-refractivity contribution in [2.24, 2.45) is 0 Å². The van der Waals surface area contributed by atoms with Gasteiger partial charge in [-0.25, -0.2) is 4.39 Å². The predicted octanol–water partition coefficient (Wildman–Crippen LogP) is 2.26. The first kappa shape index (κ1) is 9.19. The van der Waals surface area contributed by atoms with Crippen LogP contribution in [0.1, 0.15) is 18.4 Å². The van der Waals surface area contributed by atoms with Gasteiger partial charge in [0.1, 0.15) is 5.82 Å². The van der Waals surface area contributed by atoms with Crippen LogP contribution in [0.15, 0.2) is 18.2 Å². The summed E-state index contributed by atoms with van der Waals surface area (Å²) in [7, 11) is 0. The molecule has 1 saturated heterocycles. The summed E-state index contributed by atoms with van der Waals surface area (Å²) >= 11 is 0. The smallest absolute Gasteiger partial charge is 0.227 e. The fraction of sp³-hybridized carbons (Fsp3) is 0.364.